The second-order valence-electron chi connectivity index (χ2n) is 6.44. The van der Waals surface area contributed by atoms with Crippen molar-refractivity contribution in [2.24, 2.45) is 10.9 Å². The topological polar surface area (TPSA) is 86.3 Å². The van der Waals surface area contributed by atoms with Crippen LogP contribution >= 0.6 is 24.0 Å². The Balaban J connectivity index is 0.00000312. The summed E-state index contributed by atoms with van der Waals surface area (Å²) in [5, 5.41) is 6.70. The quantitative estimate of drug-likeness (QED) is 0.305. The van der Waals surface area contributed by atoms with Crippen molar-refractivity contribution in [3.8, 4) is 0 Å². The van der Waals surface area contributed by atoms with Gasteiger partial charge in [-0.25, -0.2) is 12.7 Å². The molecule has 2 heterocycles. The summed E-state index contributed by atoms with van der Waals surface area (Å²) >= 11 is 0. The number of morpholine rings is 1. The Bertz CT molecular complexity index is 503. The number of nitrogens with zero attached hydrogens (tertiary/aromatic N) is 3. The second kappa shape index (κ2) is 11.5. The molecule has 2 aliphatic rings. The largest absolute Gasteiger partial charge is 0.379 e. The van der Waals surface area contributed by atoms with E-state index in [4.69, 9.17) is 4.74 Å². The average Bonchev–Trinajstić information content (AvgIpc) is 2.58. The molecule has 0 aliphatic carbocycles. The SMILES string of the molecule is CN=C(NCCN1CCOCC1)NCC1CCN(S(C)(=O)=O)CC1.I. The van der Waals surface area contributed by atoms with Gasteiger partial charge in [0.25, 0.3) is 0 Å². The fraction of sp³-hybridized carbons (Fsp3) is 0.933. The molecule has 0 aromatic heterocycles. The molecule has 0 amide bonds. The fourth-order valence-corrected chi connectivity index (χ4v) is 3.94. The molecule has 0 unspecified atom stereocenters. The minimum absolute atomic E-state index is 0. The number of nitrogens with one attached hydrogen (secondary N) is 2. The Labute approximate surface area is 168 Å². The predicted molar refractivity (Wildman–Crippen MR) is 111 cm³/mol. The van der Waals surface area contributed by atoms with Crippen LogP contribution in [-0.2, 0) is 14.8 Å². The molecule has 0 bridgehead atoms. The summed E-state index contributed by atoms with van der Waals surface area (Å²) in [4.78, 5) is 6.63. The molecule has 148 valence electrons. The first-order chi connectivity index (χ1) is 11.5. The molecule has 0 aromatic rings. The molecule has 2 aliphatic heterocycles. The molecule has 0 saturated carbocycles. The first-order valence-corrected chi connectivity index (χ1v) is 10.5. The van der Waals surface area contributed by atoms with Crippen LogP contribution in [0, 0.1) is 5.92 Å². The molecule has 2 N–H and O–H groups in total. The average molecular weight is 489 g/mol. The molecule has 10 heteroatoms. The number of hydrogen-bond acceptors (Lipinski definition) is 5. The number of guanidine groups is 1. The molecule has 0 atom stereocenters. The van der Waals surface area contributed by atoms with Crippen LogP contribution in [0.2, 0.25) is 0 Å². The van der Waals surface area contributed by atoms with E-state index in [1.54, 1.807) is 11.4 Å². The maximum Gasteiger partial charge on any atom is 0.211 e. The lowest BCUT2D eigenvalue weighted by Crippen LogP contribution is -2.46. The van der Waals surface area contributed by atoms with Gasteiger partial charge in [-0.1, -0.05) is 0 Å². The molecule has 25 heavy (non-hydrogen) atoms. The highest BCUT2D eigenvalue weighted by Crippen LogP contribution is 2.18. The Morgan fingerprint density at radius 2 is 1.80 bits per heavy atom. The summed E-state index contributed by atoms with van der Waals surface area (Å²) < 4.78 is 30.0. The van der Waals surface area contributed by atoms with Crippen molar-refractivity contribution >= 4 is 40.0 Å². The molecule has 2 fully saturated rings. The lowest BCUT2D eigenvalue weighted by molar-refractivity contribution is 0.0389. The van der Waals surface area contributed by atoms with Crippen molar-refractivity contribution in [1.29, 1.82) is 0 Å². The van der Waals surface area contributed by atoms with Gasteiger partial charge in [-0.15, -0.1) is 24.0 Å². The van der Waals surface area contributed by atoms with Crippen LogP contribution in [0.15, 0.2) is 4.99 Å². The van der Waals surface area contributed by atoms with Crippen LogP contribution < -0.4 is 10.6 Å². The third kappa shape index (κ3) is 8.37. The molecule has 0 aromatic carbocycles. The normalized spacial score (nSPS) is 21.6. The van der Waals surface area contributed by atoms with Gasteiger partial charge in [-0.05, 0) is 18.8 Å². The van der Waals surface area contributed by atoms with Crippen LogP contribution in [0.4, 0.5) is 0 Å². The molecule has 2 saturated heterocycles. The van der Waals surface area contributed by atoms with Crippen molar-refractivity contribution in [2.75, 3.05) is 72.3 Å². The van der Waals surface area contributed by atoms with E-state index < -0.39 is 10.0 Å². The standard InChI is InChI=1S/C15H31N5O3S.HI/c1-16-15(17-5-8-19-9-11-23-12-10-19)18-13-14-3-6-20(7-4-14)24(2,21)22;/h14H,3-13H2,1-2H3,(H2,16,17,18);1H. The van der Waals surface area contributed by atoms with Gasteiger partial charge in [0.2, 0.25) is 10.0 Å². The number of ether oxygens (including phenoxy) is 1. The van der Waals surface area contributed by atoms with Crippen molar-refractivity contribution in [3.05, 3.63) is 0 Å². The number of halogens is 1. The third-order valence-electron chi connectivity index (χ3n) is 4.65. The summed E-state index contributed by atoms with van der Waals surface area (Å²) in [5.41, 5.74) is 0. The zero-order valence-electron chi connectivity index (χ0n) is 15.2. The van der Waals surface area contributed by atoms with Crippen LogP contribution in [0.25, 0.3) is 0 Å². The number of piperidine rings is 1. The van der Waals surface area contributed by atoms with Gasteiger partial charge < -0.3 is 15.4 Å². The van der Waals surface area contributed by atoms with E-state index in [-0.39, 0.29) is 24.0 Å². The lowest BCUT2D eigenvalue weighted by Gasteiger charge is -2.30. The van der Waals surface area contributed by atoms with Gasteiger partial charge >= 0.3 is 0 Å². The minimum atomic E-state index is -3.04. The van der Waals surface area contributed by atoms with E-state index in [9.17, 15) is 8.42 Å². The van der Waals surface area contributed by atoms with Gasteiger partial charge in [0.15, 0.2) is 5.96 Å². The molecule has 8 nitrogen and oxygen atoms in total. The Morgan fingerprint density at radius 3 is 2.36 bits per heavy atom. The summed E-state index contributed by atoms with van der Waals surface area (Å²) in [5.74, 6) is 1.30. The monoisotopic (exact) mass is 489 g/mol. The highest BCUT2D eigenvalue weighted by molar-refractivity contribution is 14.0. The number of aliphatic imine (C=N–C) groups is 1. The van der Waals surface area contributed by atoms with Crippen LogP contribution in [0.5, 0.6) is 0 Å². The van der Waals surface area contributed by atoms with Crippen LogP contribution in [0.3, 0.4) is 0 Å². The van der Waals surface area contributed by atoms with E-state index in [2.05, 4.69) is 20.5 Å². The zero-order valence-corrected chi connectivity index (χ0v) is 18.4. The number of hydrogen-bond donors (Lipinski definition) is 2. The van der Waals surface area contributed by atoms with Crippen molar-refractivity contribution in [3.63, 3.8) is 0 Å². The van der Waals surface area contributed by atoms with Gasteiger partial charge in [0.1, 0.15) is 0 Å². The predicted octanol–water partition coefficient (Wildman–Crippen LogP) is -0.227. The summed E-state index contributed by atoms with van der Waals surface area (Å²) in [6.07, 6.45) is 3.07. The van der Waals surface area contributed by atoms with E-state index in [0.29, 0.717) is 19.0 Å². The van der Waals surface area contributed by atoms with Gasteiger partial charge in [-0.2, -0.15) is 0 Å². The van der Waals surface area contributed by atoms with E-state index in [0.717, 1.165) is 64.7 Å². The Kier molecular flexibility index (Phi) is 10.5. The highest BCUT2D eigenvalue weighted by Gasteiger charge is 2.24. The number of sulfonamides is 1. The minimum Gasteiger partial charge on any atom is -0.379 e. The van der Waals surface area contributed by atoms with Crippen molar-refractivity contribution in [1.82, 2.24) is 19.8 Å². The van der Waals surface area contributed by atoms with Gasteiger partial charge in [-0.3, -0.25) is 9.89 Å². The van der Waals surface area contributed by atoms with Crippen molar-refractivity contribution in [2.45, 2.75) is 12.8 Å². The van der Waals surface area contributed by atoms with Crippen LogP contribution in [-0.4, -0.2) is 95.9 Å². The van der Waals surface area contributed by atoms with Crippen molar-refractivity contribution < 1.29 is 13.2 Å². The third-order valence-corrected chi connectivity index (χ3v) is 5.95. The van der Waals surface area contributed by atoms with E-state index in [1.807, 2.05) is 0 Å². The Hall–Kier alpha value is -0.170. The van der Waals surface area contributed by atoms with E-state index >= 15 is 0 Å². The smallest absolute Gasteiger partial charge is 0.211 e. The van der Waals surface area contributed by atoms with Gasteiger partial charge in [0, 0.05) is 52.9 Å². The zero-order chi connectivity index (χ0) is 17.4. The Morgan fingerprint density at radius 1 is 1.16 bits per heavy atom. The van der Waals surface area contributed by atoms with Gasteiger partial charge in [0.05, 0.1) is 19.5 Å². The second-order valence-corrected chi connectivity index (χ2v) is 8.42. The molecular weight excluding hydrogens is 457 g/mol. The first kappa shape index (κ1) is 22.9. The molecule has 2 rings (SSSR count). The maximum absolute atomic E-state index is 11.5. The first-order valence-electron chi connectivity index (χ1n) is 8.69. The number of rotatable bonds is 6. The molecule has 0 spiro atoms. The molecular formula is C15H32IN5O3S. The fourth-order valence-electron chi connectivity index (χ4n) is 3.06. The summed E-state index contributed by atoms with van der Waals surface area (Å²) in [6.45, 7) is 7.53. The summed E-state index contributed by atoms with van der Waals surface area (Å²) in [7, 11) is -1.27. The highest BCUT2D eigenvalue weighted by atomic mass is 127. The maximum atomic E-state index is 11.5. The summed E-state index contributed by atoms with van der Waals surface area (Å²) in [6, 6.07) is 0. The molecule has 0 radical (unpaired) electrons. The lowest BCUT2D eigenvalue weighted by atomic mass is 9.98. The van der Waals surface area contributed by atoms with E-state index in [1.165, 1.54) is 6.26 Å². The van der Waals surface area contributed by atoms with Crippen LogP contribution in [0.1, 0.15) is 12.8 Å².